The third-order valence-corrected chi connectivity index (χ3v) is 5.23. The van der Waals surface area contributed by atoms with Gasteiger partial charge >= 0.3 is 5.97 Å². The van der Waals surface area contributed by atoms with E-state index in [0.717, 1.165) is 39.1 Å². The molecule has 31 heavy (non-hydrogen) atoms. The van der Waals surface area contributed by atoms with Gasteiger partial charge in [0.15, 0.2) is 0 Å². The molecule has 0 N–H and O–H groups in total. The quantitative estimate of drug-likeness (QED) is 0.327. The zero-order valence-corrected chi connectivity index (χ0v) is 17.7. The fraction of sp³-hybridized carbons (Fsp3) is 0.107. The molecule has 0 aliphatic carbocycles. The lowest BCUT2D eigenvalue weighted by atomic mass is 9.85. The van der Waals surface area contributed by atoms with Crippen molar-refractivity contribution in [3.8, 4) is 39.1 Å². The number of ether oxygens (including phenoxy) is 2. The number of carbonyl (C=O) groups is 1. The molecule has 4 aromatic rings. The highest BCUT2D eigenvalue weighted by Crippen LogP contribution is 2.41. The van der Waals surface area contributed by atoms with E-state index in [9.17, 15) is 4.79 Å². The van der Waals surface area contributed by atoms with Gasteiger partial charge in [-0.05, 0) is 46.9 Å². The van der Waals surface area contributed by atoms with Crippen LogP contribution in [-0.2, 0) is 4.74 Å². The number of carbonyl (C=O) groups excluding carboxylic acids is 1. The predicted molar refractivity (Wildman–Crippen MR) is 125 cm³/mol. The summed E-state index contributed by atoms with van der Waals surface area (Å²) in [4.78, 5) is 13.3. The summed E-state index contributed by atoms with van der Waals surface area (Å²) in [6, 6.07) is 31.9. The topological polar surface area (TPSA) is 35.5 Å². The highest BCUT2D eigenvalue weighted by Gasteiger charge is 2.23. The second-order valence-corrected chi connectivity index (χ2v) is 7.09. The fourth-order valence-electron chi connectivity index (χ4n) is 3.79. The third-order valence-electron chi connectivity index (χ3n) is 5.23. The van der Waals surface area contributed by atoms with E-state index in [1.807, 2.05) is 85.8 Å². The average Bonchev–Trinajstić information content (AvgIpc) is 2.84. The molecule has 0 unspecified atom stereocenters. The first-order valence-corrected chi connectivity index (χ1v) is 10.3. The molecule has 0 bridgehead atoms. The minimum absolute atomic E-state index is 0.310. The van der Waals surface area contributed by atoms with Crippen molar-refractivity contribution < 1.29 is 14.3 Å². The Balaban J connectivity index is 2.06. The molecule has 0 atom stereocenters. The van der Waals surface area contributed by atoms with E-state index in [2.05, 4.69) is 18.2 Å². The molecule has 4 rings (SSSR count). The van der Waals surface area contributed by atoms with Gasteiger partial charge in [-0.2, -0.15) is 0 Å². The second kappa shape index (κ2) is 9.31. The maximum atomic E-state index is 13.3. The van der Waals surface area contributed by atoms with Crippen molar-refractivity contribution in [2.24, 2.45) is 0 Å². The van der Waals surface area contributed by atoms with Crippen LogP contribution in [-0.4, -0.2) is 19.7 Å². The van der Waals surface area contributed by atoms with Gasteiger partial charge in [0.05, 0.1) is 19.3 Å². The Kier molecular flexibility index (Phi) is 6.13. The number of esters is 1. The summed E-state index contributed by atoms with van der Waals surface area (Å²) < 4.78 is 10.9. The first kappa shape index (κ1) is 20.4. The largest absolute Gasteiger partial charge is 0.497 e. The Bertz CT molecular complexity index is 1160. The van der Waals surface area contributed by atoms with Gasteiger partial charge in [0.2, 0.25) is 0 Å². The van der Waals surface area contributed by atoms with Crippen LogP contribution < -0.4 is 4.74 Å². The molecule has 0 heterocycles. The van der Waals surface area contributed by atoms with E-state index in [1.165, 1.54) is 0 Å². The van der Waals surface area contributed by atoms with E-state index in [4.69, 9.17) is 9.47 Å². The van der Waals surface area contributed by atoms with Crippen LogP contribution in [0, 0.1) is 0 Å². The van der Waals surface area contributed by atoms with Crippen LogP contribution in [0.4, 0.5) is 0 Å². The summed E-state index contributed by atoms with van der Waals surface area (Å²) >= 11 is 0. The summed E-state index contributed by atoms with van der Waals surface area (Å²) in [6.45, 7) is 2.14. The lowest BCUT2D eigenvalue weighted by Gasteiger charge is -2.19. The maximum absolute atomic E-state index is 13.3. The van der Waals surface area contributed by atoms with Crippen LogP contribution in [0.25, 0.3) is 33.4 Å². The molecule has 0 aliphatic heterocycles. The summed E-state index contributed by atoms with van der Waals surface area (Å²) in [7, 11) is 1.64. The molecule has 3 nitrogen and oxygen atoms in total. The lowest BCUT2D eigenvalue weighted by Crippen LogP contribution is -2.09. The van der Waals surface area contributed by atoms with Crippen LogP contribution in [0.5, 0.6) is 5.75 Å². The molecule has 4 aromatic carbocycles. The molecule has 0 radical (unpaired) electrons. The summed E-state index contributed by atoms with van der Waals surface area (Å²) in [5.41, 5.74) is 6.20. The first-order valence-electron chi connectivity index (χ1n) is 10.3. The van der Waals surface area contributed by atoms with E-state index in [0.29, 0.717) is 12.2 Å². The molecule has 0 aliphatic rings. The lowest BCUT2D eigenvalue weighted by molar-refractivity contribution is 0.0528. The molecule has 0 spiro atoms. The van der Waals surface area contributed by atoms with Crippen LogP contribution in [0.15, 0.2) is 97.1 Å². The van der Waals surface area contributed by atoms with Crippen molar-refractivity contribution in [1.29, 1.82) is 0 Å². The first-order chi connectivity index (χ1) is 15.2. The Labute approximate surface area is 182 Å². The molecule has 154 valence electrons. The standard InChI is InChI=1S/C28H24O3/c1-3-31-28(29)27-25(21-12-8-5-9-13-21)19-18-24(20-10-6-4-7-11-20)26(27)22-14-16-23(30-2)17-15-22/h4-19H,3H2,1-2H3. The maximum Gasteiger partial charge on any atom is 0.339 e. The Hall–Kier alpha value is -3.85. The van der Waals surface area contributed by atoms with Crippen LogP contribution in [0.1, 0.15) is 17.3 Å². The number of benzene rings is 4. The number of methoxy groups -OCH3 is 1. The van der Waals surface area contributed by atoms with Crippen molar-refractivity contribution >= 4 is 5.97 Å². The van der Waals surface area contributed by atoms with E-state index in [-0.39, 0.29) is 5.97 Å². The highest BCUT2D eigenvalue weighted by atomic mass is 16.5. The van der Waals surface area contributed by atoms with Crippen LogP contribution in [0.3, 0.4) is 0 Å². The van der Waals surface area contributed by atoms with Crippen molar-refractivity contribution in [3.63, 3.8) is 0 Å². The smallest absolute Gasteiger partial charge is 0.339 e. The SMILES string of the molecule is CCOC(=O)c1c(-c2ccccc2)ccc(-c2ccccc2)c1-c1ccc(OC)cc1. The molecule has 0 fully saturated rings. The summed E-state index contributed by atoms with van der Waals surface area (Å²) in [5.74, 6) is 0.437. The predicted octanol–water partition coefficient (Wildman–Crippen LogP) is 6.87. The van der Waals surface area contributed by atoms with Gasteiger partial charge in [-0.25, -0.2) is 4.79 Å². The molecular formula is C28H24O3. The zero-order chi connectivity index (χ0) is 21.6. The zero-order valence-electron chi connectivity index (χ0n) is 17.7. The minimum atomic E-state index is -0.329. The normalized spacial score (nSPS) is 10.5. The highest BCUT2D eigenvalue weighted by molar-refractivity contribution is 6.08. The van der Waals surface area contributed by atoms with Crippen molar-refractivity contribution in [2.45, 2.75) is 6.92 Å². The molecular weight excluding hydrogens is 384 g/mol. The number of rotatable bonds is 6. The summed E-state index contributed by atoms with van der Waals surface area (Å²) in [6.07, 6.45) is 0. The molecule has 0 aromatic heterocycles. The van der Waals surface area contributed by atoms with Gasteiger partial charge < -0.3 is 9.47 Å². The van der Waals surface area contributed by atoms with Gasteiger partial charge in [-0.3, -0.25) is 0 Å². The van der Waals surface area contributed by atoms with Gasteiger partial charge in [0, 0.05) is 5.56 Å². The Morgan fingerprint density at radius 3 is 1.77 bits per heavy atom. The second-order valence-electron chi connectivity index (χ2n) is 7.09. The molecule has 0 saturated carbocycles. The molecule has 0 saturated heterocycles. The van der Waals surface area contributed by atoms with Crippen LogP contribution >= 0.6 is 0 Å². The van der Waals surface area contributed by atoms with E-state index < -0.39 is 0 Å². The number of hydrogen-bond donors (Lipinski definition) is 0. The van der Waals surface area contributed by atoms with Gasteiger partial charge in [0.1, 0.15) is 5.75 Å². The minimum Gasteiger partial charge on any atom is -0.497 e. The Morgan fingerprint density at radius 2 is 1.23 bits per heavy atom. The van der Waals surface area contributed by atoms with E-state index in [1.54, 1.807) is 7.11 Å². The monoisotopic (exact) mass is 408 g/mol. The Morgan fingerprint density at radius 1 is 0.677 bits per heavy atom. The average molecular weight is 408 g/mol. The molecule has 3 heteroatoms. The van der Waals surface area contributed by atoms with E-state index >= 15 is 0 Å². The molecule has 0 amide bonds. The third kappa shape index (κ3) is 4.22. The van der Waals surface area contributed by atoms with Gasteiger partial charge in [0.25, 0.3) is 0 Å². The number of hydrogen-bond acceptors (Lipinski definition) is 3. The van der Waals surface area contributed by atoms with Crippen LogP contribution in [0.2, 0.25) is 0 Å². The summed E-state index contributed by atoms with van der Waals surface area (Å²) in [5, 5.41) is 0. The van der Waals surface area contributed by atoms with Crippen molar-refractivity contribution in [1.82, 2.24) is 0 Å². The van der Waals surface area contributed by atoms with Crippen molar-refractivity contribution in [3.05, 3.63) is 103 Å². The van der Waals surface area contributed by atoms with Gasteiger partial charge in [-0.1, -0.05) is 84.9 Å². The van der Waals surface area contributed by atoms with Gasteiger partial charge in [-0.15, -0.1) is 0 Å². The van der Waals surface area contributed by atoms with Crippen molar-refractivity contribution in [2.75, 3.05) is 13.7 Å². The fourth-order valence-corrected chi connectivity index (χ4v) is 3.79.